The van der Waals surface area contributed by atoms with Crippen molar-refractivity contribution in [2.24, 2.45) is 0 Å². The molecule has 23 heavy (non-hydrogen) atoms. The van der Waals surface area contributed by atoms with Gasteiger partial charge >= 0.3 is 0 Å². The molecule has 0 aliphatic heterocycles. The molecule has 0 spiro atoms. The largest absolute Gasteiger partial charge is 0.400 e. The summed E-state index contributed by atoms with van der Waals surface area (Å²) in [5, 5.41) is 46.5. The molecule has 0 atom stereocenters. The molecule has 0 aromatic carbocycles. The van der Waals surface area contributed by atoms with Crippen molar-refractivity contribution < 1.29 is 30.6 Å². The lowest BCUT2D eigenvalue weighted by Crippen LogP contribution is -1.75. The second-order valence-electron chi connectivity index (χ2n) is 3.92. The minimum atomic E-state index is 0.250. The Morgan fingerprint density at radius 2 is 0.609 bits per heavy atom. The van der Waals surface area contributed by atoms with Gasteiger partial charge in [-0.2, -0.15) is 0 Å². The molecule has 0 aromatic heterocycles. The maximum Gasteiger partial charge on any atom is 0.0430 e. The predicted molar refractivity (Wildman–Crippen MR) is 99.6 cm³/mol. The molecule has 0 fully saturated rings. The normalized spacial score (nSPS) is 7.30. The Kier molecular flexibility index (Phi) is 135. The van der Waals surface area contributed by atoms with E-state index < -0.39 is 0 Å². The fourth-order valence-corrected chi connectivity index (χ4v) is 0.316. The SMILES string of the molecule is CCCCO.CCCCO.CCCO.CCCO.CCO.CO. The van der Waals surface area contributed by atoms with Crippen LogP contribution >= 0.6 is 0 Å². The van der Waals surface area contributed by atoms with Gasteiger partial charge in [-0.1, -0.05) is 40.5 Å². The van der Waals surface area contributed by atoms with Crippen LogP contribution in [0.4, 0.5) is 0 Å². The molecule has 6 N–H and O–H groups in total. The minimum absolute atomic E-state index is 0.250. The zero-order valence-electron chi connectivity index (χ0n) is 16.5. The van der Waals surface area contributed by atoms with Crippen LogP contribution in [-0.4, -0.2) is 70.8 Å². The second-order valence-corrected chi connectivity index (χ2v) is 3.92. The van der Waals surface area contributed by atoms with Crippen LogP contribution < -0.4 is 0 Å². The summed E-state index contributed by atoms with van der Waals surface area (Å²) in [6.45, 7) is 11.2. The molecule has 0 rings (SSSR count). The van der Waals surface area contributed by atoms with E-state index in [0.29, 0.717) is 26.4 Å². The van der Waals surface area contributed by atoms with Gasteiger partial charge in [-0.15, -0.1) is 0 Å². The highest BCUT2D eigenvalue weighted by Gasteiger charge is 1.69. The van der Waals surface area contributed by atoms with Crippen LogP contribution in [0.1, 0.15) is 73.1 Å². The summed E-state index contributed by atoms with van der Waals surface area (Å²) in [5.74, 6) is 0. The summed E-state index contributed by atoms with van der Waals surface area (Å²) in [6, 6.07) is 0. The first-order valence-electron chi connectivity index (χ1n) is 8.56. The molecule has 6 heteroatoms. The molecule has 0 aromatic rings. The molecule has 0 unspecified atom stereocenters. The number of unbranched alkanes of at least 4 members (excludes halogenated alkanes) is 2. The number of rotatable bonds is 6. The molecule has 0 radical (unpaired) electrons. The predicted octanol–water partition coefficient (Wildman–Crippen LogP) is 1.94. The first-order valence-corrected chi connectivity index (χ1v) is 8.56. The monoisotopic (exact) mass is 346 g/mol. The van der Waals surface area contributed by atoms with Crippen molar-refractivity contribution in [3.05, 3.63) is 0 Å². The third-order valence-corrected chi connectivity index (χ3v) is 1.47. The zero-order chi connectivity index (χ0) is 19.8. The van der Waals surface area contributed by atoms with Gasteiger partial charge in [-0.25, -0.2) is 0 Å². The van der Waals surface area contributed by atoms with E-state index in [0.717, 1.165) is 45.6 Å². The van der Waals surface area contributed by atoms with E-state index in [1.807, 2.05) is 13.8 Å². The molecule has 0 saturated carbocycles. The van der Waals surface area contributed by atoms with Gasteiger partial charge in [0.1, 0.15) is 0 Å². The molecule has 0 aliphatic carbocycles. The summed E-state index contributed by atoms with van der Waals surface area (Å²) in [5.41, 5.74) is 0. The molecule has 6 nitrogen and oxygen atoms in total. The third kappa shape index (κ3) is 256. The number of aliphatic hydroxyl groups is 6. The molecule has 0 aliphatic rings. The van der Waals surface area contributed by atoms with Crippen molar-refractivity contribution in [1.82, 2.24) is 0 Å². The lowest BCUT2D eigenvalue weighted by atomic mass is 10.4. The quantitative estimate of drug-likeness (QED) is 0.437. The Hall–Kier alpha value is -0.240. The molecule has 0 heterocycles. The topological polar surface area (TPSA) is 121 Å². The number of hydrogen-bond donors (Lipinski definition) is 6. The average Bonchev–Trinajstić information content (AvgIpc) is 2.60. The summed E-state index contributed by atoms with van der Waals surface area (Å²) in [6.07, 6.45) is 5.83. The van der Waals surface area contributed by atoms with Gasteiger partial charge in [0.15, 0.2) is 0 Å². The summed E-state index contributed by atoms with van der Waals surface area (Å²) < 4.78 is 0. The van der Waals surface area contributed by atoms with E-state index >= 15 is 0 Å². The van der Waals surface area contributed by atoms with E-state index in [4.69, 9.17) is 30.6 Å². The summed E-state index contributed by atoms with van der Waals surface area (Å²) in [7, 11) is 1.00. The Labute approximate surface area is 144 Å². The molecule has 0 amide bonds. The van der Waals surface area contributed by atoms with Crippen LogP contribution in [0.3, 0.4) is 0 Å². The van der Waals surface area contributed by atoms with E-state index in [2.05, 4.69) is 13.8 Å². The van der Waals surface area contributed by atoms with Gasteiger partial charge < -0.3 is 30.6 Å². The Bertz CT molecular complexity index is 77.2. The van der Waals surface area contributed by atoms with Gasteiger partial charge in [0.2, 0.25) is 0 Å². The fraction of sp³-hybridized carbons (Fsp3) is 1.00. The van der Waals surface area contributed by atoms with E-state index in [1.165, 1.54) is 0 Å². The molecule has 150 valence electrons. The van der Waals surface area contributed by atoms with Gasteiger partial charge in [-0.3, -0.25) is 0 Å². The minimum Gasteiger partial charge on any atom is -0.400 e. The van der Waals surface area contributed by atoms with Gasteiger partial charge in [0.05, 0.1) is 0 Å². The first-order chi connectivity index (χ1) is 11.1. The van der Waals surface area contributed by atoms with Crippen LogP contribution in [0.25, 0.3) is 0 Å². The van der Waals surface area contributed by atoms with E-state index in [9.17, 15) is 0 Å². The number of hydrogen-bond acceptors (Lipinski definition) is 6. The van der Waals surface area contributed by atoms with Crippen molar-refractivity contribution in [1.29, 1.82) is 0 Å². The lowest BCUT2D eigenvalue weighted by Gasteiger charge is -1.79. The standard InChI is InChI=1S/2C4H10O.2C3H8O.C2H6O.CH4O/c2*1-2-3-4-5;2*1-2-3-4;1-2-3;1-2/h2*5H,2-4H2,1H3;2*4H,2-3H2,1H3;3H,2H2,1H3;2H,1H3. The fourth-order valence-electron chi connectivity index (χ4n) is 0.316. The zero-order valence-corrected chi connectivity index (χ0v) is 16.5. The van der Waals surface area contributed by atoms with Crippen LogP contribution in [0.2, 0.25) is 0 Å². The van der Waals surface area contributed by atoms with Crippen molar-refractivity contribution in [2.75, 3.05) is 40.1 Å². The van der Waals surface area contributed by atoms with Gasteiger partial charge in [0.25, 0.3) is 0 Å². The molecular weight excluding hydrogens is 300 g/mol. The van der Waals surface area contributed by atoms with Crippen LogP contribution in [0.15, 0.2) is 0 Å². The summed E-state index contributed by atoms with van der Waals surface area (Å²) in [4.78, 5) is 0. The molecule has 0 saturated heterocycles. The van der Waals surface area contributed by atoms with E-state index in [-0.39, 0.29) is 6.61 Å². The molecule has 0 bridgehead atoms. The highest BCUT2D eigenvalue weighted by molar-refractivity contribution is 4.23. The highest BCUT2D eigenvalue weighted by atomic mass is 16.3. The first kappa shape index (κ1) is 38.4. The van der Waals surface area contributed by atoms with Gasteiger partial charge in [0, 0.05) is 40.1 Å². The van der Waals surface area contributed by atoms with Gasteiger partial charge in [-0.05, 0) is 32.6 Å². The smallest absolute Gasteiger partial charge is 0.0430 e. The average molecular weight is 347 g/mol. The number of aliphatic hydroxyl groups excluding tert-OH is 6. The van der Waals surface area contributed by atoms with E-state index in [1.54, 1.807) is 6.92 Å². The van der Waals surface area contributed by atoms with Crippen LogP contribution in [0.5, 0.6) is 0 Å². The Morgan fingerprint density at radius 3 is 0.609 bits per heavy atom. The van der Waals surface area contributed by atoms with Crippen molar-refractivity contribution in [3.8, 4) is 0 Å². The second kappa shape index (κ2) is 81.0. The summed E-state index contributed by atoms with van der Waals surface area (Å²) >= 11 is 0. The lowest BCUT2D eigenvalue weighted by molar-refractivity contribution is 0.286. The van der Waals surface area contributed by atoms with Crippen molar-refractivity contribution in [2.45, 2.75) is 73.1 Å². The maximum absolute atomic E-state index is 8.07. The van der Waals surface area contributed by atoms with Crippen molar-refractivity contribution in [3.63, 3.8) is 0 Å². The van der Waals surface area contributed by atoms with Crippen LogP contribution in [-0.2, 0) is 0 Å². The third-order valence-electron chi connectivity index (χ3n) is 1.47. The Balaban J connectivity index is -0.0000000386. The molecular formula is C17H46O6. The highest BCUT2D eigenvalue weighted by Crippen LogP contribution is 1.79. The van der Waals surface area contributed by atoms with Crippen LogP contribution in [0, 0.1) is 0 Å². The maximum atomic E-state index is 8.07. The van der Waals surface area contributed by atoms with Crippen molar-refractivity contribution >= 4 is 0 Å². The Morgan fingerprint density at radius 1 is 0.435 bits per heavy atom.